The number of aromatic nitrogens is 4. The van der Waals surface area contributed by atoms with Gasteiger partial charge >= 0.3 is 0 Å². The zero-order valence-corrected chi connectivity index (χ0v) is 13.3. The van der Waals surface area contributed by atoms with Gasteiger partial charge in [-0.2, -0.15) is 4.98 Å². The molecule has 0 spiro atoms. The Labute approximate surface area is 128 Å². The van der Waals surface area contributed by atoms with Gasteiger partial charge in [0.25, 0.3) is 5.89 Å². The maximum absolute atomic E-state index is 6.52. The topological polar surface area (TPSA) is 90.7 Å². The molecule has 2 N–H and O–H groups in total. The maximum atomic E-state index is 6.52. The molecule has 0 saturated heterocycles. The largest absolute Gasteiger partial charge is 0.333 e. The quantitative estimate of drug-likeness (QED) is 0.934. The van der Waals surface area contributed by atoms with Gasteiger partial charge in [-0.1, -0.05) is 42.8 Å². The molecule has 2 atom stereocenters. The molecule has 1 aliphatic rings. The molecular weight excluding hydrogens is 286 g/mol. The molecule has 2 aromatic rings. The van der Waals surface area contributed by atoms with Gasteiger partial charge in [0, 0.05) is 0 Å². The van der Waals surface area contributed by atoms with Crippen LogP contribution in [0.25, 0.3) is 10.8 Å². The second-order valence-corrected chi connectivity index (χ2v) is 6.83. The highest BCUT2D eigenvalue weighted by atomic mass is 32.1. The monoisotopic (exact) mass is 307 g/mol. The molecule has 0 aromatic carbocycles. The van der Waals surface area contributed by atoms with Crippen LogP contribution in [-0.4, -0.2) is 19.7 Å². The first kappa shape index (κ1) is 14.6. The van der Waals surface area contributed by atoms with Gasteiger partial charge in [0.15, 0.2) is 5.82 Å². The van der Waals surface area contributed by atoms with E-state index in [1.54, 1.807) is 0 Å². The minimum Gasteiger partial charge on any atom is -0.333 e. The maximum Gasteiger partial charge on any atom is 0.271 e. The Bertz CT molecular complexity index is 610. The van der Waals surface area contributed by atoms with Crippen molar-refractivity contribution in [1.82, 2.24) is 19.7 Å². The van der Waals surface area contributed by atoms with E-state index in [0.29, 0.717) is 17.6 Å². The molecule has 1 aliphatic carbocycles. The minimum atomic E-state index is -0.456. The lowest BCUT2D eigenvalue weighted by Gasteiger charge is -2.33. The predicted molar refractivity (Wildman–Crippen MR) is 80.7 cm³/mol. The van der Waals surface area contributed by atoms with Crippen LogP contribution in [-0.2, 0) is 12.0 Å². The van der Waals surface area contributed by atoms with Crippen LogP contribution in [0.1, 0.15) is 57.5 Å². The fourth-order valence-electron chi connectivity index (χ4n) is 3.08. The number of rotatable bonds is 4. The highest BCUT2D eigenvalue weighted by molar-refractivity contribution is 7.09. The smallest absolute Gasteiger partial charge is 0.271 e. The van der Waals surface area contributed by atoms with Crippen LogP contribution in [0.4, 0.5) is 0 Å². The van der Waals surface area contributed by atoms with Crippen LogP contribution in [0.5, 0.6) is 0 Å². The number of nitrogens with zero attached hydrogens (tertiary/aromatic N) is 4. The third-order valence-electron chi connectivity index (χ3n) is 4.14. The Kier molecular flexibility index (Phi) is 4.03. The zero-order valence-electron chi connectivity index (χ0n) is 12.5. The summed E-state index contributed by atoms with van der Waals surface area (Å²) in [5, 5.41) is 8.29. The summed E-state index contributed by atoms with van der Waals surface area (Å²) >= 11 is 1.30. The Morgan fingerprint density at radius 2 is 2.33 bits per heavy atom. The van der Waals surface area contributed by atoms with Gasteiger partial charge in [-0.05, 0) is 36.7 Å². The third-order valence-corrected chi connectivity index (χ3v) is 4.90. The SMILES string of the molecule is CCCc1nnsc1-c1nc(C2(N)CCCC(C)C2)no1. The molecule has 2 heterocycles. The van der Waals surface area contributed by atoms with Gasteiger partial charge in [-0.25, -0.2) is 0 Å². The predicted octanol–water partition coefficient (Wildman–Crippen LogP) is 2.90. The van der Waals surface area contributed by atoms with Crippen LogP contribution in [0, 0.1) is 5.92 Å². The van der Waals surface area contributed by atoms with Crippen molar-refractivity contribution in [3.8, 4) is 10.8 Å². The van der Waals surface area contributed by atoms with Crippen molar-refractivity contribution in [1.29, 1.82) is 0 Å². The lowest BCUT2D eigenvalue weighted by Crippen LogP contribution is -2.42. The fraction of sp³-hybridized carbons (Fsp3) is 0.714. The number of aryl methyl sites for hydroxylation is 1. The highest BCUT2D eigenvalue weighted by Gasteiger charge is 2.37. The normalized spacial score (nSPS) is 26.1. The van der Waals surface area contributed by atoms with E-state index >= 15 is 0 Å². The van der Waals surface area contributed by atoms with Crippen molar-refractivity contribution in [2.24, 2.45) is 11.7 Å². The van der Waals surface area contributed by atoms with Crippen LogP contribution in [0.15, 0.2) is 4.52 Å². The minimum absolute atomic E-state index is 0.456. The Balaban J connectivity index is 1.87. The summed E-state index contributed by atoms with van der Waals surface area (Å²) in [6.45, 7) is 4.34. The molecule has 2 aromatic heterocycles. The Morgan fingerprint density at radius 3 is 3.10 bits per heavy atom. The van der Waals surface area contributed by atoms with Crippen LogP contribution < -0.4 is 5.73 Å². The van der Waals surface area contributed by atoms with Crippen molar-refractivity contribution in [3.05, 3.63) is 11.5 Å². The lowest BCUT2D eigenvalue weighted by molar-refractivity contribution is 0.222. The van der Waals surface area contributed by atoms with Crippen molar-refractivity contribution in [2.75, 3.05) is 0 Å². The standard InChI is InChI=1S/C14H21N5OS/c1-3-5-10-11(21-19-17-10)12-16-13(18-20-12)14(15)7-4-6-9(2)8-14/h9H,3-8,15H2,1-2H3. The van der Waals surface area contributed by atoms with Crippen molar-refractivity contribution in [2.45, 2.75) is 57.9 Å². The summed E-state index contributed by atoms with van der Waals surface area (Å²) in [7, 11) is 0. The second kappa shape index (κ2) is 5.81. The van der Waals surface area contributed by atoms with E-state index in [1.165, 1.54) is 18.0 Å². The Hall–Kier alpha value is -1.34. The summed E-state index contributed by atoms with van der Waals surface area (Å²) < 4.78 is 9.44. The lowest BCUT2D eigenvalue weighted by atomic mass is 9.76. The molecule has 6 nitrogen and oxygen atoms in total. The van der Waals surface area contributed by atoms with E-state index < -0.39 is 5.54 Å². The van der Waals surface area contributed by atoms with Crippen LogP contribution in [0.2, 0.25) is 0 Å². The number of hydrogen-bond acceptors (Lipinski definition) is 7. The molecule has 7 heteroatoms. The molecule has 3 rings (SSSR count). The van der Waals surface area contributed by atoms with E-state index in [2.05, 4.69) is 33.6 Å². The molecule has 0 bridgehead atoms. The summed E-state index contributed by atoms with van der Waals surface area (Å²) in [5.41, 5.74) is 7.00. The summed E-state index contributed by atoms with van der Waals surface area (Å²) in [4.78, 5) is 5.43. The van der Waals surface area contributed by atoms with Crippen molar-refractivity contribution < 1.29 is 4.52 Å². The first-order chi connectivity index (χ1) is 10.1. The van der Waals surface area contributed by atoms with Crippen LogP contribution in [0.3, 0.4) is 0 Å². The van der Waals surface area contributed by atoms with Gasteiger partial charge in [0.2, 0.25) is 0 Å². The van der Waals surface area contributed by atoms with Gasteiger partial charge in [-0.3, -0.25) is 0 Å². The average Bonchev–Trinajstić information content (AvgIpc) is 3.07. The van der Waals surface area contributed by atoms with Gasteiger partial charge in [0.1, 0.15) is 4.88 Å². The van der Waals surface area contributed by atoms with E-state index in [-0.39, 0.29) is 0 Å². The Morgan fingerprint density at radius 1 is 1.48 bits per heavy atom. The van der Waals surface area contributed by atoms with Gasteiger partial charge in [-0.15, -0.1) is 5.10 Å². The number of nitrogens with two attached hydrogens (primary N) is 1. The second-order valence-electron chi connectivity index (χ2n) is 6.08. The first-order valence-corrected chi connectivity index (χ1v) is 8.34. The fourth-order valence-corrected chi connectivity index (χ4v) is 3.71. The molecule has 114 valence electrons. The van der Waals surface area contributed by atoms with E-state index in [0.717, 1.165) is 42.7 Å². The third kappa shape index (κ3) is 2.85. The van der Waals surface area contributed by atoms with Gasteiger partial charge < -0.3 is 10.3 Å². The molecule has 0 amide bonds. The van der Waals surface area contributed by atoms with Crippen LogP contribution >= 0.6 is 11.5 Å². The summed E-state index contributed by atoms with van der Waals surface area (Å²) in [6, 6.07) is 0. The molecule has 0 aliphatic heterocycles. The van der Waals surface area contributed by atoms with Gasteiger partial charge in [0.05, 0.1) is 11.2 Å². The molecule has 1 fully saturated rings. The average molecular weight is 307 g/mol. The first-order valence-electron chi connectivity index (χ1n) is 7.57. The molecule has 21 heavy (non-hydrogen) atoms. The summed E-state index contributed by atoms with van der Waals surface area (Å²) in [5.74, 6) is 1.73. The van der Waals surface area contributed by atoms with E-state index in [4.69, 9.17) is 10.3 Å². The number of hydrogen-bond donors (Lipinski definition) is 1. The zero-order chi connectivity index (χ0) is 14.9. The molecule has 2 unspecified atom stereocenters. The highest BCUT2D eigenvalue weighted by Crippen LogP contribution is 2.37. The van der Waals surface area contributed by atoms with E-state index in [9.17, 15) is 0 Å². The molecular formula is C14H21N5OS. The van der Waals surface area contributed by atoms with Crippen molar-refractivity contribution >= 4 is 11.5 Å². The molecule has 1 saturated carbocycles. The molecule has 0 radical (unpaired) electrons. The van der Waals surface area contributed by atoms with E-state index in [1.807, 2.05) is 0 Å². The van der Waals surface area contributed by atoms with Crippen molar-refractivity contribution in [3.63, 3.8) is 0 Å². The summed E-state index contributed by atoms with van der Waals surface area (Å²) in [6.07, 6.45) is 6.05.